The van der Waals surface area contributed by atoms with E-state index in [1.807, 2.05) is 7.05 Å². The maximum atomic E-state index is 5.70. The maximum absolute atomic E-state index is 5.70. The first-order valence-electron chi connectivity index (χ1n) is 9.92. The zero-order chi connectivity index (χ0) is 18.1. The molecule has 6 nitrogen and oxygen atoms in total. The van der Waals surface area contributed by atoms with Crippen molar-refractivity contribution in [3.63, 3.8) is 0 Å². The summed E-state index contributed by atoms with van der Waals surface area (Å²) in [5, 5.41) is 3.64. The zero-order valence-corrected chi connectivity index (χ0v) is 16.7. The van der Waals surface area contributed by atoms with Crippen LogP contribution in [0, 0.1) is 11.8 Å². The molecule has 146 valence electrons. The highest BCUT2D eigenvalue weighted by molar-refractivity contribution is 5.80. The molecule has 2 saturated heterocycles. The van der Waals surface area contributed by atoms with Crippen molar-refractivity contribution >= 4 is 5.96 Å². The van der Waals surface area contributed by atoms with Gasteiger partial charge < -0.3 is 19.7 Å². The summed E-state index contributed by atoms with van der Waals surface area (Å²) in [6.07, 6.45) is 3.86. The molecular weight excluding hydrogens is 316 g/mol. The van der Waals surface area contributed by atoms with Crippen LogP contribution in [0.5, 0.6) is 0 Å². The Hall–Kier alpha value is -0.850. The Bertz CT molecular complexity index is 397. The third kappa shape index (κ3) is 6.42. The van der Waals surface area contributed by atoms with Crippen molar-refractivity contribution in [2.45, 2.75) is 39.2 Å². The average Bonchev–Trinajstić information content (AvgIpc) is 3.27. The van der Waals surface area contributed by atoms with Gasteiger partial charge >= 0.3 is 0 Å². The molecule has 0 amide bonds. The molecule has 0 aromatic carbocycles. The molecule has 2 rings (SSSR count). The standard InChI is InChI=1S/C19H38N4O2/c1-16(2)18(22-8-5-6-9-22)13-21-19(20-3)23-10-7-17(14-23)15-25-12-11-24-4/h16-18H,5-15H2,1-4H3,(H,20,21). The summed E-state index contributed by atoms with van der Waals surface area (Å²) in [6.45, 7) is 12.4. The van der Waals surface area contributed by atoms with Gasteiger partial charge in [0.15, 0.2) is 5.96 Å². The van der Waals surface area contributed by atoms with Crippen molar-refractivity contribution < 1.29 is 9.47 Å². The quantitative estimate of drug-likeness (QED) is 0.388. The van der Waals surface area contributed by atoms with Crippen molar-refractivity contribution in [2.24, 2.45) is 16.8 Å². The van der Waals surface area contributed by atoms with Crippen LogP contribution in [-0.2, 0) is 9.47 Å². The second-order valence-electron chi connectivity index (χ2n) is 7.65. The van der Waals surface area contributed by atoms with E-state index >= 15 is 0 Å². The number of methoxy groups -OCH3 is 1. The third-order valence-electron chi connectivity index (χ3n) is 5.43. The molecule has 6 heteroatoms. The summed E-state index contributed by atoms with van der Waals surface area (Å²) in [6, 6.07) is 0.593. The molecule has 0 spiro atoms. The van der Waals surface area contributed by atoms with Gasteiger partial charge in [-0.1, -0.05) is 13.8 Å². The lowest BCUT2D eigenvalue weighted by molar-refractivity contribution is 0.0536. The Kier molecular flexibility index (Phi) is 8.99. The van der Waals surface area contributed by atoms with Crippen LogP contribution in [0.2, 0.25) is 0 Å². The number of guanidine groups is 1. The Morgan fingerprint density at radius 3 is 2.60 bits per heavy atom. The van der Waals surface area contributed by atoms with Gasteiger partial charge in [0, 0.05) is 45.8 Å². The van der Waals surface area contributed by atoms with E-state index in [1.165, 1.54) is 32.4 Å². The molecule has 0 aromatic rings. The molecule has 2 fully saturated rings. The molecule has 2 aliphatic heterocycles. The molecule has 0 radical (unpaired) electrons. The molecule has 2 atom stereocenters. The number of nitrogens with zero attached hydrogens (tertiary/aromatic N) is 3. The van der Waals surface area contributed by atoms with Gasteiger partial charge in [0.25, 0.3) is 0 Å². The largest absolute Gasteiger partial charge is 0.382 e. The van der Waals surface area contributed by atoms with Crippen molar-refractivity contribution in [2.75, 3.05) is 66.7 Å². The lowest BCUT2D eigenvalue weighted by atomic mass is 10.0. The van der Waals surface area contributed by atoms with Gasteiger partial charge in [0.2, 0.25) is 0 Å². The summed E-state index contributed by atoms with van der Waals surface area (Å²) in [5.41, 5.74) is 0. The topological polar surface area (TPSA) is 49.3 Å². The molecule has 0 saturated carbocycles. The van der Waals surface area contributed by atoms with Crippen molar-refractivity contribution in [1.82, 2.24) is 15.1 Å². The second-order valence-corrected chi connectivity index (χ2v) is 7.65. The summed E-state index contributed by atoms with van der Waals surface area (Å²) in [7, 11) is 3.61. The first-order valence-corrected chi connectivity index (χ1v) is 9.92. The van der Waals surface area contributed by atoms with Gasteiger partial charge in [-0.25, -0.2) is 0 Å². The summed E-state index contributed by atoms with van der Waals surface area (Å²) in [4.78, 5) is 9.55. The van der Waals surface area contributed by atoms with Crippen molar-refractivity contribution in [1.29, 1.82) is 0 Å². The molecule has 2 unspecified atom stereocenters. The van der Waals surface area contributed by atoms with E-state index < -0.39 is 0 Å². The van der Waals surface area contributed by atoms with E-state index in [1.54, 1.807) is 7.11 Å². The maximum Gasteiger partial charge on any atom is 0.193 e. The van der Waals surface area contributed by atoms with Gasteiger partial charge in [0.05, 0.1) is 19.8 Å². The minimum atomic E-state index is 0.592. The van der Waals surface area contributed by atoms with E-state index in [9.17, 15) is 0 Å². The number of nitrogens with one attached hydrogen (secondary N) is 1. The van der Waals surface area contributed by atoms with Crippen LogP contribution in [-0.4, -0.2) is 88.5 Å². The number of hydrogen-bond acceptors (Lipinski definition) is 4. The average molecular weight is 355 g/mol. The van der Waals surface area contributed by atoms with Gasteiger partial charge in [-0.15, -0.1) is 0 Å². The highest BCUT2D eigenvalue weighted by Gasteiger charge is 2.28. The Morgan fingerprint density at radius 1 is 1.20 bits per heavy atom. The van der Waals surface area contributed by atoms with E-state index in [0.717, 1.165) is 32.2 Å². The molecule has 2 aliphatic rings. The van der Waals surface area contributed by atoms with Crippen LogP contribution in [0.1, 0.15) is 33.1 Å². The smallest absolute Gasteiger partial charge is 0.193 e. The van der Waals surface area contributed by atoms with Crippen LogP contribution < -0.4 is 5.32 Å². The fraction of sp³-hybridized carbons (Fsp3) is 0.947. The second kappa shape index (κ2) is 11.0. The van der Waals surface area contributed by atoms with Gasteiger partial charge in [0.1, 0.15) is 0 Å². The van der Waals surface area contributed by atoms with Crippen molar-refractivity contribution in [3.05, 3.63) is 0 Å². The minimum absolute atomic E-state index is 0.592. The summed E-state index contributed by atoms with van der Waals surface area (Å²) >= 11 is 0. The molecule has 0 aliphatic carbocycles. The predicted molar refractivity (Wildman–Crippen MR) is 103 cm³/mol. The van der Waals surface area contributed by atoms with Crippen LogP contribution in [0.15, 0.2) is 4.99 Å². The van der Waals surface area contributed by atoms with E-state index in [0.29, 0.717) is 31.1 Å². The van der Waals surface area contributed by atoms with E-state index in [4.69, 9.17) is 9.47 Å². The molecule has 2 heterocycles. The minimum Gasteiger partial charge on any atom is -0.382 e. The molecule has 25 heavy (non-hydrogen) atoms. The SMILES string of the molecule is CN=C(NCC(C(C)C)N1CCCC1)N1CCC(COCCOC)C1. The van der Waals surface area contributed by atoms with E-state index in [-0.39, 0.29) is 0 Å². The highest BCUT2D eigenvalue weighted by Crippen LogP contribution is 2.19. The fourth-order valence-electron chi connectivity index (χ4n) is 3.94. The highest BCUT2D eigenvalue weighted by atomic mass is 16.5. The van der Waals surface area contributed by atoms with Gasteiger partial charge in [-0.2, -0.15) is 0 Å². The fourth-order valence-corrected chi connectivity index (χ4v) is 3.94. The molecule has 1 N–H and O–H groups in total. The van der Waals surface area contributed by atoms with Crippen molar-refractivity contribution in [3.8, 4) is 0 Å². The molecular formula is C19H38N4O2. The lowest BCUT2D eigenvalue weighted by Gasteiger charge is -2.32. The van der Waals surface area contributed by atoms with Crippen LogP contribution >= 0.6 is 0 Å². The Balaban J connectivity index is 1.76. The lowest BCUT2D eigenvalue weighted by Crippen LogP contribution is -2.49. The van der Waals surface area contributed by atoms with E-state index in [2.05, 4.69) is 34.0 Å². The summed E-state index contributed by atoms with van der Waals surface area (Å²) < 4.78 is 10.7. The monoisotopic (exact) mass is 354 g/mol. The van der Waals surface area contributed by atoms with Crippen LogP contribution in [0.3, 0.4) is 0 Å². The van der Waals surface area contributed by atoms with Crippen LogP contribution in [0.4, 0.5) is 0 Å². The number of rotatable bonds is 9. The predicted octanol–water partition coefficient (Wildman–Crippen LogP) is 1.67. The first-order chi connectivity index (χ1) is 12.2. The number of ether oxygens (including phenoxy) is 2. The molecule has 0 bridgehead atoms. The number of aliphatic imine (C=N–C) groups is 1. The summed E-state index contributed by atoms with van der Waals surface area (Å²) in [5.74, 6) is 2.29. The first kappa shape index (κ1) is 20.5. The third-order valence-corrected chi connectivity index (χ3v) is 5.43. The van der Waals surface area contributed by atoms with Gasteiger partial charge in [-0.05, 0) is 38.3 Å². The van der Waals surface area contributed by atoms with Crippen LogP contribution in [0.25, 0.3) is 0 Å². The number of hydrogen-bond donors (Lipinski definition) is 1. The van der Waals surface area contributed by atoms with Gasteiger partial charge in [-0.3, -0.25) is 9.89 Å². The Morgan fingerprint density at radius 2 is 1.96 bits per heavy atom. The normalized spacial score (nSPS) is 23.6. The number of likely N-dealkylation sites (tertiary alicyclic amines) is 2. The molecule has 0 aromatic heterocycles. The Labute approximate surface area is 153 Å². The zero-order valence-electron chi connectivity index (χ0n) is 16.7.